The summed E-state index contributed by atoms with van der Waals surface area (Å²) < 4.78 is 5.55. The van der Waals surface area contributed by atoms with Gasteiger partial charge < -0.3 is 20.7 Å². The van der Waals surface area contributed by atoms with Crippen LogP contribution in [0.25, 0.3) is 0 Å². The van der Waals surface area contributed by atoms with Crippen molar-refractivity contribution in [3.8, 4) is 0 Å². The molecule has 1 amide bonds. The molecule has 3 aromatic carbocycles. The highest BCUT2D eigenvalue weighted by molar-refractivity contribution is 7.28. The third kappa shape index (κ3) is 8.16. The largest absolute Gasteiger partial charge is 0.381 e. The number of carbonyl (C=O) groups excluding carboxylic acids is 1. The van der Waals surface area contributed by atoms with Crippen molar-refractivity contribution in [3.05, 3.63) is 83.4 Å². The zero-order valence-electron chi connectivity index (χ0n) is 23.8. The van der Waals surface area contributed by atoms with E-state index in [4.69, 9.17) is 10.1 Å². The lowest BCUT2D eigenvalue weighted by Crippen LogP contribution is -2.33. The second-order valence-corrected chi connectivity index (χ2v) is 11.2. The number of rotatable bonds is 12. The Morgan fingerprint density at radius 3 is 2.42 bits per heavy atom. The summed E-state index contributed by atoms with van der Waals surface area (Å²) in [5.41, 5.74) is 5.28. The van der Waals surface area contributed by atoms with E-state index in [0.717, 1.165) is 67.7 Å². The van der Waals surface area contributed by atoms with Gasteiger partial charge in [0.05, 0.1) is 5.56 Å². The van der Waals surface area contributed by atoms with E-state index in [1.165, 1.54) is 18.4 Å². The highest BCUT2D eigenvalue weighted by Crippen LogP contribution is 2.31. The van der Waals surface area contributed by atoms with Crippen molar-refractivity contribution in [2.24, 2.45) is 0 Å². The Balaban J connectivity index is 1.50. The van der Waals surface area contributed by atoms with Gasteiger partial charge in [-0.05, 0) is 84.9 Å². The molecule has 1 aliphatic rings. The normalized spacial score (nSPS) is 14.4. The molecule has 4 N–H and O–H groups in total. The van der Waals surface area contributed by atoms with E-state index in [1.807, 2.05) is 54.6 Å². The van der Waals surface area contributed by atoms with Crippen LogP contribution in [-0.4, -0.2) is 31.0 Å². The van der Waals surface area contributed by atoms with Crippen LogP contribution in [0.5, 0.6) is 0 Å². The molecule has 0 aliphatic carbocycles. The van der Waals surface area contributed by atoms with Crippen molar-refractivity contribution in [1.29, 1.82) is 5.41 Å². The Morgan fingerprint density at radius 2 is 1.73 bits per heavy atom. The van der Waals surface area contributed by atoms with Gasteiger partial charge in [-0.1, -0.05) is 57.4 Å². The van der Waals surface area contributed by atoms with Gasteiger partial charge in [0, 0.05) is 41.9 Å². The number of anilines is 3. The van der Waals surface area contributed by atoms with Crippen molar-refractivity contribution in [2.45, 2.75) is 70.8 Å². The predicted octanol–water partition coefficient (Wildman–Crippen LogP) is 7.35. The molecular weight excluding hydrogens is 515 g/mol. The van der Waals surface area contributed by atoms with Crippen LogP contribution in [0.3, 0.4) is 0 Å². The SMILES string of the molecule is CCCCC(CCC)c1ccc(C(=O)NC(=N)c2ccc(Nc3ccccc3P)cc2)c(NC2CCOCC2)c1. The number of hydrogen-bond acceptors (Lipinski definition) is 5. The Morgan fingerprint density at radius 1 is 0.975 bits per heavy atom. The van der Waals surface area contributed by atoms with E-state index in [9.17, 15) is 4.79 Å². The molecule has 0 spiro atoms. The predicted molar refractivity (Wildman–Crippen MR) is 171 cm³/mol. The van der Waals surface area contributed by atoms with E-state index in [-0.39, 0.29) is 17.8 Å². The molecule has 1 heterocycles. The first kappa shape index (κ1) is 29.8. The van der Waals surface area contributed by atoms with Gasteiger partial charge in [-0.25, -0.2) is 0 Å². The number of amides is 1. The molecule has 2 atom stereocenters. The van der Waals surface area contributed by atoms with Crippen LogP contribution in [-0.2, 0) is 4.74 Å². The third-order valence-corrected chi connectivity index (χ3v) is 8.04. The number of benzene rings is 3. The van der Waals surface area contributed by atoms with E-state index in [2.05, 4.69) is 51.2 Å². The number of nitrogens with one attached hydrogen (secondary N) is 4. The molecule has 4 rings (SSSR count). The van der Waals surface area contributed by atoms with Crippen LogP contribution in [0, 0.1) is 5.41 Å². The van der Waals surface area contributed by atoms with E-state index in [1.54, 1.807) is 0 Å². The van der Waals surface area contributed by atoms with Crippen molar-refractivity contribution in [3.63, 3.8) is 0 Å². The van der Waals surface area contributed by atoms with Crippen LogP contribution < -0.4 is 21.3 Å². The van der Waals surface area contributed by atoms with Gasteiger partial charge in [0.1, 0.15) is 5.84 Å². The Bertz CT molecular complexity index is 1270. The molecule has 40 heavy (non-hydrogen) atoms. The second-order valence-electron chi connectivity index (χ2n) is 10.6. The number of ether oxygens (including phenoxy) is 1. The fourth-order valence-electron chi connectivity index (χ4n) is 5.21. The fourth-order valence-corrected chi connectivity index (χ4v) is 5.49. The number of para-hydroxylation sites is 1. The molecule has 212 valence electrons. The lowest BCUT2D eigenvalue weighted by Gasteiger charge is -2.26. The number of carbonyl (C=O) groups is 1. The minimum atomic E-state index is -0.272. The number of amidine groups is 1. The van der Waals surface area contributed by atoms with Crippen LogP contribution >= 0.6 is 9.24 Å². The molecule has 1 saturated heterocycles. The fraction of sp³-hybridized carbons (Fsp3) is 0.394. The van der Waals surface area contributed by atoms with Gasteiger partial charge in [-0.3, -0.25) is 10.2 Å². The van der Waals surface area contributed by atoms with Gasteiger partial charge in [-0.2, -0.15) is 0 Å². The molecule has 0 aromatic heterocycles. The molecule has 0 bridgehead atoms. The maximum atomic E-state index is 13.5. The Kier molecular flexibility index (Phi) is 11.1. The summed E-state index contributed by atoms with van der Waals surface area (Å²) >= 11 is 0. The Labute approximate surface area is 241 Å². The molecular formula is C33H43N4O2P. The standard InChI is InChI=1S/C33H43N4O2P/c1-3-5-9-23(8-4-2)25-14-17-28(30(22-25)36-27-18-20-39-21-19-27)33(38)37-32(34)24-12-15-26(16-13-24)35-29-10-6-7-11-31(29)40/h6-7,10-17,22-23,27,35-36H,3-5,8-9,18-21,40H2,1-2H3,(H2,34,37,38). The van der Waals surface area contributed by atoms with E-state index >= 15 is 0 Å². The van der Waals surface area contributed by atoms with Gasteiger partial charge in [-0.15, -0.1) is 9.24 Å². The van der Waals surface area contributed by atoms with E-state index in [0.29, 0.717) is 17.0 Å². The lowest BCUT2D eigenvalue weighted by molar-refractivity contribution is 0.0904. The average Bonchev–Trinajstić information content (AvgIpc) is 2.97. The zero-order chi connectivity index (χ0) is 28.3. The summed E-state index contributed by atoms with van der Waals surface area (Å²) in [5, 5.41) is 19.6. The lowest BCUT2D eigenvalue weighted by atomic mass is 9.88. The van der Waals surface area contributed by atoms with Crippen molar-refractivity contribution < 1.29 is 9.53 Å². The highest BCUT2D eigenvalue weighted by atomic mass is 31.0. The molecule has 0 radical (unpaired) electrons. The summed E-state index contributed by atoms with van der Waals surface area (Å²) in [7, 11) is 2.73. The monoisotopic (exact) mass is 558 g/mol. The second kappa shape index (κ2) is 15.0. The molecule has 3 aromatic rings. The number of unbranched alkanes of at least 4 members (excludes halogenated alkanes) is 1. The van der Waals surface area contributed by atoms with Crippen LogP contribution in [0.1, 0.15) is 86.2 Å². The van der Waals surface area contributed by atoms with E-state index < -0.39 is 0 Å². The molecule has 1 fully saturated rings. The van der Waals surface area contributed by atoms with Crippen molar-refractivity contribution in [2.75, 3.05) is 23.8 Å². The summed E-state index contributed by atoms with van der Waals surface area (Å²) in [6.07, 6.45) is 7.64. The summed E-state index contributed by atoms with van der Waals surface area (Å²) in [4.78, 5) is 13.5. The molecule has 6 nitrogen and oxygen atoms in total. The smallest absolute Gasteiger partial charge is 0.258 e. The van der Waals surface area contributed by atoms with Gasteiger partial charge in [0.25, 0.3) is 5.91 Å². The maximum absolute atomic E-state index is 13.5. The maximum Gasteiger partial charge on any atom is 0.258 e. The minimum absolute atomic E-state index is 0.0795. The van der Waals surface area contributed by atoms with Gasteiger partial charge in [0.15, 0.2) is 0 Å². The van der Waals surface area contributed by atoms with Gasteiger partial charge >= 0.3 is 0 Å². The van der Waals surface area contributed by atoms with Crippen LogP contribution in [0.4, 0.5) is 17.1 Å². The molecule has 7 heteroatoms. The summed E-state index contributed by atoms with van der Waals surface area (Å²) in [6, 6.07) is 22.0. The minimum Gasteiger partial charge on any atom is -0.381 e. The summed E-state index contributed by atoms with van der Waals surface area (Å²) in [5.74, 6) is 0.294. The first-order chi connectivity index (χ1) is 19.5. The summed E-state index contributed by atoms with van der Waals surface area (Å²) in [6.45, 7) is 5.92. The quantitative estimate of drug-likeness (QED) is 0.106. The van der Waals surface area contributed by atoms with Crippen molar-refractivity contribution >= 4 is 43.3 Å². The third-order valence-electron chi connectivity index (χ3n) is 7.54. The topological polar surface area (TPSA) is 86.2 Å². The average molecular weight is 559 g/mol. The first-order valence-corrected chi connectivity index (χ1v) is 15.2. The highest BCUT2D eigenvalue weighted by Gasteiger charge is 2.21. The van der Waals surface area contributed by atoms with Crippen LogP contribution in [0.2, 0.25) is 0 Å². The first-order valence-electron chi connectivity index (χ1n) is 14.6. The van der Waals surface area contributed by atoms with Gasteiger partial charge in [0.2, 0.25) is 0 Å². The Hall–Kier alpha value is -3.21. The number of hydrogen-bond donors (Lipinski definition) is 4. The molecule has 0 saturated carbocycles. The molecule has 1 aliphatic heterocycles. The molecule has 2 unspecified atom stereocenters. The van der Waals surface area contributed by atoms with Crippen molar-refractivity contribution in [1.82, 2.24) is 5.32 Å². The zero-order valence-corrected chi connectivity index (χ0v) is 24.9. The van der Waals surface area contributed by atoms with Crippen LogP contribution in [0.15, 0.2) is 66.7 Å².